The Morgan fingerprint density at radius 3 is 3.00 bits per heavy atom. The molecule has 1 aliphatic heterocycles. The van der Waals surface area contributed by atoms with Gasteiger partial charge in [0, 0.05) is 21.8 Å². The number of hydrogen-bond donors (Lipinski definition) is 1. The van der Waals surface area contributed by atoms with E-state index in [2.05, 4.69) is 11.9 Å². The number of amides is 1. The second-order valence-corrected chi connectivity index (χ2v) is 5.12. The van der Waals surface area contributed by atoms with Crippen LogP contribution in [0, 0.1) is 0 Å². The molecule has 62 valence electrons. The highest BCUT2D eigenvalue weighted by atomic mass is 28.1. The van der Waals surface area contributed by atoms with E-state index in [-0.39, 0.29) is 10.9 Å². The lowest BCUT2D eigenvalue weighted by Crippen LogP contribution is -2.33. The van der Waals surface area contributed by atoms with E-state index in [1.165, 1.54) is 0 Å². The van der Waals surface area contributed by atoms with Crippen LogP contribution in [0.15, 0.2) is 12.7 Å². The van der Waals surface area contributed by atoms with Crippen molar-refractivity contribution in [3.63, 3.8) is 0 Å². The fraction of sp³-hybridized carbons (Fsp3) is 0.625. The Balaban J connectivity index is 2.73. The van der Waals surface area contributed by atoms with Gasteiger partial charge in [0.15, 0.2) is 0 Å². The zero-order chi connectivity index (χ0) is 8.32. The van der Waals surface area contributed by atoms with Gasteiger partial charge in [0.25, 0.3) is 0 Å². The number of hydrogen-bond acceptors (Lipinski definition) is 1. The van der Waals surface area contributed by atoms with Gasteiger partial charge in [-0.25, -0.2) is 0 Å². The molecule has 2 nitrogen and oxygen atoms in total. The average molecular weight is 169 g/mol. The Bertz CT molecular complexity index is 181. The van der Waals surface area contributed by atoms with Gasteiger partial charge < -0.3 is 5.32 Å². The van der Waals surface area contributed by atoms with Crippen molar-refractivity contribution in [3.8, 4) is 0 Å². The molecular formula is C8H15NOSi. The third-order valence-electron chi connectivity index (χ3n) is 2.38. The maximum Gasteiger partial charge on any atom is 0.226 e. The van der Waals surface area contributed by atoms with E-state index in [4.69, 9.17) is 0 Å². The molecule has 1 amide bonds. The molecule has 0 saturated carbocycles. The molecule has 0 aromatic carbocycles. The molecule has 1 saturated heterocycles. The smallest absolute Gasteiger partial charge is 0.226 e. The van der Waals surface area contributed by atoms with E-state index < -0.39 is 0 Å². The maximum atomic E-state index is 11.4. The summed E-state index contributed by atoms with van der Waals surface area (Å²) < 4.78 is 0. The fourth-order valence-electron chi connectivity index (χ4n) is 1.33. The maximum absolute atomic E-state index is 11.4. The van der Waals surface area contributed by atoms with Crippen molar-refractivity contribution in [2.45, 2.75) is 24.3 Å². The summed E-state index contributed by atoms with van der Waals surface area (Å²) in [5, 5.41) is 2.73. The van der Waals surface area contributed by atoms with Crippen molar-refractivity contribution in [3.05, 3.63) is 12.7 Å². The number of carbonyl (C=O) groups is 1. The molecule has 0 aromatic heterocycles. The normalized spacial score (nSPS) is 32.5. The van der Waals surface area contributed by atoms with Crippen molar-refractivity contribution in [2.75, 3.05) is 6.54 Å². The summed E-state index contributed by atoms with van der Waals surface area (Å²) in [6.07, 6.45) is 5.08. The zero-order valence-electron chi connectivity index (χ0n) is 7.02. The van der Waals surface area contributed by atoms with E-state index in [0.29, 0.717) is 0 Å². The Labute approximate surface area is 70.5 Å². The van der Waals surface area contributed by atoms with Crippen LogP contribution in [0.1, 0.15) is 19.3 Å². The van der Waals surface area contributed by atoms with Crippen LogP contribution >= 0.6 is 0 Å². The molecule has 0 aromatic rings. The molecule has 0 bridgehead atoms. The first-order chi connectivity index (χ1) is 5.19. The van der Waals surface area contributed by atoms with Gasteiger partial charge >= 0.3 is 0 Å². The molecular weight excluding hydrogens is 154 g/mol. The summed E-state index contributed by atoms with van der Waals surface area (Å²) in [4.78, 5) is 11.4. The molecule has 1 aliphatic rings. The summed E-state index contributed by atoms with van der Waals surface area (Å²) in [6.45, 7) is 4.57. The third-order valence-corrected chi connectivity index (χ3v) is 3.74. The minimum Gasteiger partial charge on any atom is -0.356 e. The molecule has 0 aliphatic carbocycles. The first-order valence-corrected chi connectivity index (χ1v) is 5.11. The van der Waals surface area contributed by atoms with Crippen LogP contribution in [0.2, 0.25) is 5.04 Å². The minimum atomic E-state index is -0.184. The van der Waals surface area contributed by atoms with Crippen LogP contribution in [-0.4, -0.2) is 22.7 Å². The molecule has 1 rings (SSSR count). The zero-order valence-corrected chi connectivity index (χ0v) is 9.02. The minimum absolute atomic E-state index is 0.184. The van der Waals surface area contributed by atoms with Gasteiger partial charge in [0.1, 0.15) is 0 Å². The number of rotatable bonds is 1. The summed E-state index contributed by atoms with van der Waals surface area (Å²) >= 11 is 0. The Morgan fingerprint density at radius 2 is 2.36 bits per heavy atom. The average Bonchev–Trinajstić information content (AvgIpc) is 2.16. The molecule has 0 spiro atoms. The number of carbonyl (C=O) groups excluding carboxylic acids is 1. The van der Waals surface area contributed by atoms with Crippen LogP contribution in [0.4, 0.5) is 0 Å². The topological polar surface area (TPSA) is 29.1 Å². The van der Waals surface area contributed by atoms with Crippen LogP contribution in [0.25, 0.3) is 0 Å². The van der Waals surface area contributed by atoms with Crippen molar-refractivity contribution in [1.29, 1.82) is 0 Å². The van der Waals surface area contributed by atoms with Crippen LogP contribution < -0.4 is 5.32 Å². The van der Waals surface area contributed by atoms with Crippen LogP contribution in [0.3, 0.4) is 0 Å². The van der Waals surface area contributed by atoms with E-state index >= 15 is 0 Å². The van der Waals surface area contributed by atoms with Gasteiger partial charge in [-0.2, -0.15) is 0 Å². The third kappa shape index (κ3) is 1.71. The van der Waals surface area contributed by atoms with Crippen LogP contribution in [-0.2, 0) is 4.79 Å². The van der Waals surface area contributed by atoms with Crippen molar-refractivity contribution in [1.82, 2.24) is 5.32 Å². The summed E-state index contributed by atoms with van der Waals surface area (Å²) in [6, 6.07) is 0. The van der Waals surface area contributed by atoms with Gasteiger partial charge in [-0.05, 0) is 12.8 Å². The lowest BCUT2D eigenvalue weighted by molar-refractivity contribution is -0.122. The predicted octanol–water partition coefficient (Wildman–Crippen LogP) is -0.00340. The van der Waals surface area contributed by atoms with Crippen molar-refractivity contribution < 1.29 is 4.79 Å². The Morgan fingerprint density at radius 1 is 1.64 bits per heavy atom. The highest BCUT2D eigenvalue weighted by Crippen LogP contribution is 2.31. The van der Waals surface area contributed by atoms with Gasteiger partial charge in [0.05, 0.1) is 0 Å². The summed E-state index contributed by atoms with van der Waals surface area (Å²) in [7, 11) is 0.882. The lowest BCUT2D eigenvalue weighted by Gasteiger charge is -2.20. The summed E-state index contributed by atoms with van der Waals surface area (Å²) in [5.41, 5.74) is 0. The molecule has 1 N–H and O–H groups in total. The van der Waals surface area contributed by atoms with Crippen molar-refractivity contribution in [2.24, 2.45) is 0 Å². The Kier molecular flexibility index (Phi) is 2.49. The quantitative estimate of drug-likeness (QED) is 0.434. The molecule has 3 heteroatoms. The monoisotopic (exact) mass is 169 g/mol. The summed E-state index contributed by atoms with van der Waals surface area (Å²) in [5.74, 6) is 0.191. The number of nitrogens with one attached hydrogen (secondary N) is 1. The second-order valence-electron chi connectivity index (χ2n) is 3.33. The molecule has 1 fully saturated rings. The highest BCUT2D eigenvalue weighted by Gasteiger charge is 2.30. The van der Waals surface area contributed by atoms with E-state index in [1.54, 1.807) is 0 Å². The van der Waals surface area contributed by atoms with Crippen LogP contribution in [0.5, 0.6) is 0 Å². The molecule has 1 atom stereocenters. The van der Waals surface area contributed by atoms with Crippen molar-refractivity contribution >= 4 is 16.1 Å². The standard InChI is InChI=1S/C8H15NOSi/c1-2-8(11)5-3-4-6-9-7(8)10/h2H,1,3-6H2,11H3,(H,9,10). The van der Waals surface area contributed by atoms with E-state index in [1.807, 2.05) is 6.08 Å². The Hall–Kier alpha value is -0.573. The first-order valence-electron chi connectivity index (χ1n) is 4.11. The largest absolute Gasteiger partial charge is 0.356 e. The first kappa shape index (κ1) is 8.52. The SMILES string of the molecule is C=CC1([SiH3])CCCCNC1=O. The second kappa shape index (κ2) is 3.22. The van der Waals surface area contributed by atoms with E-state index in [0.717, 1.165) is 36.0 Å². The highest BCUT2D eigenvalue weighted by molar-refractivity contribution is 6.29. The molecule has 1 heterocycles. The molecule has 11 heavy (non-hydrogen) atoms. The van der Waals surface area contributed by atoms with E-state index in [9.17, 15) is 4.79 Å². The lowest BCUT2D eigenvalue weighted by atomic mass is 10.0. The molecule has 0 radical (unpaired) electrons. The predicted molar refractivity (Wildman–Crippen MR) is 49.7 cm³/mol. The van der Waals surface area contributed by atoms with Gasteiger partial charge in [-0.1, -0.05) is 12.5 Å². The van der Waals surface area contributed by atoms with Gasteiger partial charge in [-0.3, -0.25) is 4.79 Å². The van der Waals surface area contributed by atoms with Gasteiger partial charge in [-0.15, -0.1) is 6.58 Å². The van der Waals surface area contributed by atoms with Gasteiger partial charge in [0.2, 0.25) is 5.91 Å². The molecule has 1 unspecified atom stereocenters. The fourth-order valence-corrected chi connectivity index (χ4v) is 1.86.